The number of aliphatic hydroxyl groups excluding tert-OH is 1. The van der Waals surface area contributed by atoms with Gasteiger partial charge in [0.15, 0.2) is 0 Å². The average Bonchev–Trinajstić information content (AvgIpc) is 2.65. The van der Waals surface area contributed by atoms with Gasteiger partial charge in [-0.1, -0.05) is 57.5 Å². The molecule has 1 atom stereocenters. The van der Waals surface area contributed by atoms with Crippen molar-refractivity contribution in [3.8, 4) is 0 Å². The molecule has 0 aromatic heterocycles. The van der Waals surface area contributed by atoms with Gasteiger partial charge in [0.05, 0.1) is 30.2 Å². The fourth-order valence-electron chi connectivity index (χ4n) is 3.96. The summed E-state index contributed by atoms with van der Waals surface area (Å²) in [5.41, 5.74) is 2.56. The van der Waals surface area contributed by atoms with Crippen LogP contribution >= 0.6 is 0 Å². The van der Waals surface area contributed by atoms with Gasteiger partial charge in [-0.05, 0) is 43.7 Å². The molecular formula is C25H39N2O3S+. The van der Waals surface area contributed by atoms with Crippen molar-refractivity contribution in [3.63, 3.8) is 0 Å². The zero-order chi connectivity index (χ0) is 23.2. The fraction of sp³-hybridized carbons (Fsp3) is 0.520. The third-order valence-corrected chi connectivity index (χ3v) is 7.00. The minimum Gasteiger partial charge on any atom is -0.385 e. The molecule has 0 aliphatic carbocycles. The molecule has 0 radical (unpaired) electrons. The largest absolute Gasteiger partial charge is 0.385 e. The highest BCUT2D eigenvalue weighted by atomic mass is 32.2. The molecule has 0 aliphatic rings. The van der Waals surface area contributed by atoms with Crippen molar-refractivity contribution < 1.29 is 18.4 Å². The Labute approximate surface area is 188 Å². The molecule has 0 fully saturated rings. The highest BCUT2D eigenvalue weighted by Crippen LogP contribution is 2.25. The first-order chi connectivity index (χ1) is 14.5. The van der Waals surface area contributed by atoms with Gasteiger partial charge in [0.1, 0.15) is 12.6 Å². The second-order valence-corrected chi connectivity index (χ2v) is 11.4. The summed E-state index contributed by atoms with van der Waals surface area (Å²) < 4.78 is 28.4. The van der Waals surface area contributed by atoms with E-state index in [4.69, 9.17) is 0 Å². The lowest BCUT2D eigenvalue weighted by molar-refractivity contribution is -0.909. The van der Waals surface area contributed by atoms with Gasteiger partial charge in [-0.15, -0.1) is 0 Å². The van der Waals surface area contributed by atoms with Crippen LogP contribution < -0.4 is 9.21 Å². The van der Waals surface area contributed by atoms with Crippen LogP contribution in [0, 0.1) is 25.7 Å². The summed E-state index contributed by atoms with van der Waals surface area (Å²) in [6.07, 6.45) is -0.770. The molecule has 0 unspecified atom stereocenters. The summed E-state index contributed by atoms with van der Waals surface area (Å²) in [6, 6.07) is 14.3. The zero-order valence-electron chi connectivity index (χ0n) is 19.8. The quantitative estimate of drug-likeness (QED) is 0.557. The molecule has 6 heteroatoms. The van der Waals surface area contributed by atoms with Crippen molar-refractivity contribution in [3.05, 3.63) is 59.7 Å². The molecule has 2 aromatic carbocycles. The summed E-state index contributed by atoms with van der Waals surface area (Å²) in [6.45, 7) is 15.0. The first-order valence-corrected chi connectivity index (χ1v) is 12.6. The number of hydrogen-bond acceptors (Lipinski definition) is 3. The van der Waals surface area contributed by atoms with Gasteiger partial charge >= 0.3 is 0 Å². The molecule has 0 saturated heterocycles. The molecule has 0 aliphatic heterocycles. The second-order valence-electron chi connectivity index (χ2n) is 9.49. The van der Waals surface area contributed by atoms with E-state index >= 15 is 0 Å². The van der Waals surface area contributed by atoms with Crippen molar-refractivity contribution in [1.29, 1.82) is 0 Å². The van der Waals surface area contributed by atoms with Crippen LogP contribution in [0.1, 0.15) is 38.8 Å². The van der Waals surface area contributed by atoms with Crippen LogP contribution in [0.4, 0.5) is 5.69 Å². The Morgan fingerprint density at radius 3 is 1.97 bits per heavy atom. The maximum atomic E-state index is 13.5. The summed E-state index contributed by atoms with van der Waals surface area (Å²) in [5.74, 6) is 1.01. The number of quaternary nitrogens is 1. The predicted molar refractivity (Wildman–Crippen MR) is 128 cm³/mol. The molecule has 31 heavy (non-hydrogen) atoms. The van der Waals surface area contributed by atoms with Gasteiger partial charge in [-0.25, -0.2) is 8.42 Å². The van der Waals surface area contributed by atoms with Crippen molar-refractivity contribution in [2.24, 2.45) is 11.8 Å². The van der Waals surface area contributed by atoms with Gasteiger partial charge in [0, 0.05) is 11.8 Å². The lowest BCUT2D eigenvalue weighted by Gasteiger charge is -2.30. The van der Waals surface area contributed by atoms with E-state index < -0.39 is 16.1 Å². The van der Waals surface area contributed by atoms with Crippen molar-refractivity contribution >= 4 is 15.7 Å². The summed E-state index contributed by atoms with van der Waals surface area (Å²) in [4.78, 5) is 1.54. The van der Waals surface area contributed by atoms with Crippen molar-refractivity contribution in [1.82, 2.24) is 0 Å². The molecule has 0 bridgehead atoms. The van der Waals surface area contributed by atoms with Crippen LogP contribution in [-0.4, -0.2) is 45.8 Å². The van der Waals surface area contributed by atoms with Crippen LogP contribution in [0.5, 0.6) is 0 Å². The van der Waals surface area contributed by atoms with Crippen LogP contribution in [-0.2, 0) is 10.0 Å². The Bertz CT molecular complexity index is 914. The summed E-state index contributed by atoms with van der Waals surface area (Å²) in [5, 5.41) is 11.0. The van der Waals surface area contributed by atoms with E-state index in [0.29, 0.717) is 24.1 Å². The van der Waals surface area contributed by atoms with Gasteiger partial charge in [-0.3, -0.25) is 4.31 Å². The lowest BCUT2D eigenvalue weighted by atomic mass is 10.1. The SMILES string of the molecule is Cc1ccc(S(=O)(=O)N(C[C@@H](O)C[NH+](CC(C)C)CC(C)C)c2cccc(C)c2)cc1. The molecular weight excluding hydrogens is 408 g/mol. The number of nitrogens with one attached hydrogen (secondary N) is 1. The minimum atomic E-state index is -3.80. The van der Waals surface area contributed by atoms with E-state index in [9.17, 15) is 13.5 Å². The van der Waals surface area contributed by atoms with E-state index in [-0.39, 0.29) is 11.4 Å². The summed E-state index contributed by atoms with van der Waals surface area (Å²) in [7, 11) is -3.80. The van der Waals surface area contributed by atoms with Gasteiger partial charge in [0.25, 0.3) is 10.0 Å². The second kappa shape index (κ2) is 11.1. The Morgan fingerprint density at radius 2 is 1.45 bits per heavy atom. The Kier molecular flexibility index (Phi) is 9.10. The number of rotatable bonds is 11. The standard InChI is InChI=1S/C25H38N2O3S/c1-19(2)15-26(16-20(3)4)17-24(28)18-27(23-9-7-8-22(6)14-23)31(29,30)25-12-10-21(5)11-13-25/h7-14,19-20,24,28H,15-18H2,1-6H3/p+1/t24-/m0/s1. The molecule has 2 rings (SSSR count). The highest BCUT2D eigenvalue weighted by Gasteiger charge is 2.29. The monoisotopic (exact) mass is 447 g/mol. The molecule has 2 N–H and O–H groups in total. The topological polar surface area (TPSA) is 62.0 Å². The Balaban J connectivity index is 2.33. The highest BCUT2D eigenvalue weighted by molar-refractivity contribution is 7.92. The van der Waals surface area contributed by atoms with Crippen LogP contribution in [0.15, 0.2) is 53.4 Å². The fourth-order valence-corrected chi connectivity index (χ4v) is 5.45. The van der Waals surface area contributed by atoms with Crippen molar-refractivity contribution in [2.75, 3.05) is 30.5 Å². The first kappa shape index (κ1) is 25.4. The number of sulfonamides is 1. The van der Waals surface area contributed by atoms with Crippen LogP contribution in [0.3, 0.4) is 0 Å². The number of benzene rings is 2. The molecule has 0 saturated carbocycles. The maximum Gasteiger partial charge on any atom is 0.264 e. The first-order valence-electron chi connectivity index (χ1n) is 11.2. The number of aliphatic hydroxyl groups is 1. The lowest BCUT2D eigenvalue weighted by Crippen LogP contribution is -3.14. The zero-order valence-corrected chi connectivity index (χ0v) is 20.6. The van der Waals surface area contributed by atoms with Crippen LogP contribution in [0.25, 0.3) is 0 Å². The number of anilines is 1. The Hall–Kier alpha value is -1.89. The van der Waals surface area contributed by atoms with Crippen LogP contribution in [0.2, 0.25) is 0 Å². The minimum absolute atomic E-state index is 0.0271. The number of aryl methyl sites for hydroxylation is 2. The third-order valence-electron chi connectivity index (χ3n) is 5.19. The summed E-state index contributed by atoms with van der Waals surface area (Å²) >= 11 is 0. The maximum absolute atomic E-state index is 13.5. The third kappa shape index (κ3) is 7.63. The molecule has 2 aromatic rings. The Morgan fingerprint density at radius 1 is 0.871 bits per heavy atom. The smallest absolute Gasteiger partial charge is 0.264 e. The molecule has 0 amide bonds. The molecule has 0 spiro atoms. The molecule has 5 nitrogen and oxygen atoms in total. The van der Waals surface area contributed by atoms with Gasteiger partial charge in [-0.2, -0.15) is 0 Å². The molecule has 172 valence electrons. The predicted octanol–water partition coefficient (Wildman–Crippen LogP) is 3.06. The van der Waals surface area contributed by atoms with E-state index in [1.807, 2.05) is 32.0 Å². The van der Waals surface area contributed by atoms with Gasteiger partial charge < -0.3 is 10.0 Å². The van der Waals surface area contributed by atoms with E-state index in [1.54, 1.807) is 30.3 Å². The van der Waals surface area contributed by atoms with E-state index in [2.05, 4.69) is 27.7 Å². The van der Waals surface area contributed by atoms with Crippen molar-refractivity contribution in [2.45, 2.75) is 52.5 Å². The normalized spacial score (nSPS) is 13.2. The van der Waals surface area contributed by atoms with E-state index in [0.717, 1.165) is 24.2 Å². The average molecular weight is 448 g/mol. The number of hydrogen-bond donors (Lipinski definition) is 2. The number of nitrogens with zero attached hydrogens (tertiary/aromatic N) is 1. The molecule has 0 heterocycles. The van der Waals surface area contributed by atoms with E-state index in [1.165, 1.54) is 9.21 Å². The van der Waals surface area contributed by atoms with Gasteiger partial charge in [0.2, 0.25) is 0 Å².